The van der Waals surface area contributed by atoms with Crippen LogP contribution in [0.15, 0.2) is 54.6 Å². The van der Waals surface area contributed by atoms with Crippen LogP contribution in [0.1, 0.15) is 34.5 Å². The number of carbonyl (C=O) groups excluding carboxylic acids is 1. The van der Waals surface area contributed by atoms with Crippen LogP contribution < -0.4 is 4.74 Å². The van der Waals surface area contributed by atoms with E-state index in [-0.39, 0.29) is 5.91 Å². The van der Waals surface area contributed by atoms with Crippen molar-refractivity contribution in [2.24, 2.45) is 5.92 Å². The summed E-state index contributed by atoms with van der Waals surface area (Å²) >= 11 is 0. The van der Waals surface area contributed by atoms with Crippen LogP contribution in [-0.2, 0) is 6.42 Å². The summed E-state index contributed by atoms with van der Waals surface area (Å²) in [5, 5.41) is 1.08. The van der Waals surface area contributed by atoms with Crippen LogP contribution in [0.2, 0.25) is 0 Å². The van der Waals surface area contributed by atoms with Crippen molar-refractivity contribution in [1.29, 1.82) is 0 Å². The van der Waals surface area contributed by atoms with Crippen molar-refractivity contribution in [3.63, 3.8) is 0 Å². The van der Waals surface area contributed by atoms with Gasteiger partial charge in [0.1, 0.15) is 12.4 Å². The molecule has 0 atom stereocenters. The first kappa shape index (κ1) is 22.3. The number of pyridine rings is 1. The number of rotatable bonds is 7. The van der Waals surface area contributed by atoms with Crippen molar-refractivity contribution in [2.45, 2.75) is 26.2 Å². The van der Waals surface area contributed by atoms with Crippen LogP contribution in [0, 0.1) is 12.8 Å². The maximum Gasteiger partial charge on any atom is 0.253 e. The second-order valence-corrected chi connectivity index (χ2v) is 9.01. The minimum atomic E-state index is 0.0683. The van der Waals surface area contributed by atoms with Crippen molar-refractivity contribution in [2.75, 3.05) is 40.3 Å². The molecule has 0 saturated carbocycles. The average molecular weight is 432 g/mol. The van der Waals surface area contributed by atoms with Crippen molar-refractivity contribution in [3.05, 3.63) is 71.4 Å². The Balaban J connectivity index is 1.25. The highest BCUT2D eigenvalue weighted by atomic mass is 16.5. The van der Waals surface area contributed by atoms with E-state index >= 15 is 0 Å². The summed E-state index contributed by atoms with van der Waals surface area (Å²) in [6.07, 6.45) is 3.41. The van der Waals surface area contributed by atoms with Gasteiger partial charge >= 0.3 is 0 Å². The molecule has 1 fully saturated rings. The second kappa shape index (κ2) is 10.1. The predicted octanol–water partition coefficient (Wildman–Crippen LogP) is 4.58. The van der Waals surface area contributed by atoms with Crippen LogP contribution in [-0.4, -0.2) is 61.0 Å². The number of hydrogen-bond acceptors (Lipinski definition) is 4. The van der Waals surface area contributed by atoms with E-state index in [9.17, 15) is 4.79 Å². The van der Waals surface area contributed by atoms with E-state index in [2.05, 4.69) is 28.1 Å². The third-order valence-corrected chi connectivity index (χ3v) is 6.31. The molecular weight excluding hydrogens is 398 g/mol. The monoisotopic (exact) mass is 431 g/mol. The molecule has 1 aliphatic rings. The lowest BCUT2D eigenvalue weighted by atomic mass is 9.89. The Kier molecular flexibility index (Phi) is 7.05. The fraction of sp³-hybridized carbons (Fsp3) is 0.407. The Morgan fingerprint density at radius 3 is 2.66 bits per heavy atom. The minimum Gasteiger partial charge on any atom is -0.492 e. The Morgan fingerprint density at radius 1 is 1.09 bits per heavy atom. The van der Waals surface area contributed by atoms with Crippen molar-refractivity contribution < 1.29 is 9.53 Å². The van der Waals surface area contributed by atoms with Gasteiger partial charge in [-0.25, -0.2) is 0 Å². The Labute approximate surface area is 191 Å². The molecule has 1 amide bonds. The van der Waals surface area contributed by atoms with Crippen LogP contribution in [0.5, 0.6) is 5.75 Å². The molecule has 2 heterocycles. The molecule has 0 N–H and O–H groups in total. The molecule has 5 heteroatoms. The molecule has 0 spiro atoms. The van der Waals surface area contributed by atoms with Crippen molar-refractivity contribution in [1.82, 2.24) is 14.8 Å². The van der Waals surface area contributed by atoms with Gasteiger partial charge < -0.3 is 9.64 Å². The Hall–Kier alpha value is -2.92. The lowest BCUT2D eigenvalue weighted by molar-refractivity contribution is 0.0827. The maximum absolute atomic E-state index is 12.2. The van der Waals surface area contributed by atoms with Gasteiger partial charge in [0.15, 0.2) is 0 Å². The predicted molar refractivity (Wildman–Crippen MR) is 129 cm³/mol. The fourth-order valence-electron chi connectivity index (χ4n) is 4.48. The molecule has 0 bridgehead atoms. The minimum absolute atomic E-state index is 0.0683. The highest BCUT2D eigenvalue weighted by molar-refractivity contribution is 5.94. The largest absolute Gasteiger partial charge is 0.492 e. The van der Waals surface area contributed by atoms with Gasteiger partial charge in [-0.3, -0.25) is 14.7 Å². The van der Waals surface area contributed by atoms with E-state index in [0.717, 1.165) is 54.0 Å². The number of hydrogen-bond donors (Lipinski definition) is 0. The summed E-state index contributed by atoms with van der Waals surface area (Å²) in [5.74, 6) is 1.65. The number of aromatic nitrogens is 1. The number of nitrogens with zero attached hydrogens (tertiary/aromatic N) is 3. The van der Waals surface area contributed by atoms with Crippen molar-refractivity contribution >= 4 is 16.8 Å². The topological polar surface area (TPSA) is 45.7 Å². The van der Waals surface area contributed by atoms with Gasteiger partial charge in [-0.05, 0) is 87.2 Å². The summed E-state index contributed by atoms with van der Waals surface area (Å²) in [5.41, 5.74) is 4.05. The zero-order valence-electron chi connectivity index (χ0n) is 19.4. The number of aryl methyl sites for hydroxylation is 1. The molecule has 32 heavy (non-hydrogen) atoms. The molecule has 2 aromatic carbocycles. The molecule has 4 rings (SSSR count). The number of fused-ring (bicyclic) bond motifs is 1. The van der Waals surface area contributed by atoms with Gasteiger partial charge in [-0.1, -0.05) is 18.2 Å². The lowest BCUT2D eigenvalue weighted by Gasteiger charge is -2.32. The first-order valence-electron chi connectivity index (χ1n) is 11.5. The standard InChI is InChI=1S/C27H33N3O2/c1-20-10-11-24-25(28-20)8-5-9-26(24)32-17-16-30-14-12-21(13-15-30)18-22-6-4-7-23(19-22)27(31)29(2)3/h4-11,19,21H,12-18H2,1-3H3. The van der Waals surface area contributed by atoms with E-state index in [1.807, 2.05) is 43.3 Å². The van der Waals surface area contributed by atoms with Gasteiger partial charge in [0, 0.05) is 37.3 Å². The second-order valence-electron chi connectivity index (χ2n) is 9.01. The molecule has 0 unspecified atom stereocenters. The third-order valence-electron chi connectivity index (χ3n) is 6.31. The molecule has 1 aliphatic heterocycles. The number of likely N-dealkylation sites (tertiary alicyclic amines) is 1. The lowest BCUT2D eigenvalue weighted by Crippen LogP contribution is -2.37. The van der Waals surface area contributed by atoms with Crippen LogP contribution in [0.4, 0.5) is 0 Å². The van der Waals surface area contributed by atoms with Gasteiger partial charge in [-0.15, -0.1) is 0 Å². The summed E-state index contributed by atoms with van der Waals surface area (Å²) in [7, 11) is 3.60. The zero-order valence-corrected chi connectivity index (χ0v) is 19.4. The van der Waals surface area contributed by atoms with Crippen LogP contribution >= 0.6 is 0 Å². The van der Waals surface area contributed by atoms with Gasteiger partial charge in [-0.2, -0.15) is 0 Å². The molecule has 3 aromatic rings. The van der Waals surface area contributed by atoms with Crippen LogP contribution in [0.25, 0.3) is 10.9 Å². The highest BCUT2D eigenvalue weighted by Gasteiger charge is 2.20. The molecule has 0 aliphatic carbocycles. The molecule has 1 saturated heterocycles. The quantitative estimate of drug-likeness (QED) is 0.549. The Bertz CT molecular complexity index is 1070. The normalized spacial score (nSPS) is 15.1. The molecule has 5 nitrogen and oxygen atoms in total. The Morgan fingerprint density at radius 2 is 1.88 bits per heavy atom. The number of piperidine rings is 1. The van der Waals surface area contributed by atoms with Crippen molar-refractivity contribution in [3.8, 4) is 5.75 Å². The smallest absolute Gasteiger partial charge is 0.253 e. The van der Waals surface area contributed by atoms with Gasteiger partial charge in [0.25, 0.3) is 5.91 Å². The third kappa shape index (κ3) is 5.46. The van der Waals surface area contributed by atoms with E-state index in [4.69, 9.17) is 4.74 Å². The molecule has 1 aromatic heterocycles. The summed E-state index contributed by atoms with van der Waals surface area (Å²) < 4.78 is 6.12. The SMILES string of the molecule is Cc1ccc2c(OCCN3CCC(Cc4cccc(C(=O)N(C)C)c4)CC3)cccc2n1. The first-order chi connectivity index (χ1) is 15.5. The van der Waals surface area contributed by atoms with E-state index in [0.29, 0.717) is 12.5 Å². The van der Waals surface area contributed by atoms with E-state index < -0.39 is 0 Å². The molecular formula is C27H33N3O2. The molecule has 0 radical (unpaired) electrons. The zero-order chi connectivity index (χ0) is 22.5. The van der Waals surface area contributed by atoms with Gasteiger partial charge in [0.2, 0.25) is 0 Å². The number of carbonyl (C=O) groups is 1. The number of amides is 1. The number of ether oxygens (including phenoxy) is 1. The summed E-state index contributed by atoms with van der Waals surface area (Å²) in [6.45, 7) is 5.83. The van der Waals surface area contributed by atoms with Crippen LogP contribution in [0.3, 0.4) is 0 Å². The van der Waals surface area contributed by atoms with E-state index in [1.54, 1.807) is 19.0 Å². The molecule has 168 valence electrons. The van der Waals surface area contributed by atoms with Gasteiger partial charge in [0.05, 0.1) is 5.52 Å². The fourth-order valence-corrected chi connectivity index (χ4v) is 4.48. The highest BCUT2D eigenvalue weighted by Crippen LogP contribution is 2.25. The summed E-state index contributed by atoms with van der Waals surface area (Å²) in [4.78, 5) is 20.9. The van der Waals surface area contributed by atoms with E-state index in [1.165, 1.54) is 18.4 Å². The number of benzene rings is 2. The first-order valence-corrected chi connectivity index (χ1v) is 11.5. The average Bonchev–Trinajstić information content (AvgIpc) is 2.79. The summed E-state index contributed by atoms with van der Waals surface area (Å²) in [6, 6.07) is 18.3. The maximum atomic E-state index is 12.2.